The van der Waals surface area contributed by atoms with Gasteiger partial charge in [-0.15, -0.1) is 0 Å². The van der Waals surface area contributed by atoms with Crippen LogP contribution in [0.3, 0.4) is 0 Å². The second kappa shape index (κ2) is 7.76. The first-order valence-electron chi connectivity index (χ1n) is 7.67. The monoisotopic (exact) mass is 349 g/mol. The van der Waals surface area contributed by atoms with E-state index in [0.29, 0.717) is 0 Å². The Morgan fingerprint density at radius 3 is 2.76 bits per heavy atom. The highest BCUT2D eigenvalue weighted by Gasteiger charge is 2.17. The largest absolute Gasteiger partial charge is 0.306 e. The SMILES string of the molecule is CCCNC(c1cnn(CCC)c1)c1ccc(C)cc1Br. The lowest BCUT2D eigenvalue weighted by molar-refractivity contribution is 0.587. The fourth-order valence-corrected chi connectivity index (χ4v) is 3.16. The molecule has 0 aliphatic carbocycles. The van der Waals surface area contributed by atoms with E-state index in [-0.39, 0.29) is 6.04 Å². The first-order chi connectivity index (χ1) is 10.2. The molecule has 1 aromatic heterocycles. The number of hydrogen-bond acceptors (Lipinski definition) is 2. The smallest absolute Gasteiger partial charge is 0.0619 e. The van der Waals surface area contributed by atoms with Crippen LogP contribution in [0.1, 0.15) is 49.4 Å². The minimum atomic E-state index is 0.186. The molecule has 2 rings (SSSR count). The van der Waals surface area contributed by atoms with Gasteiger partial charge in [-0.2, -0.15) is 5.10 Å². The summed E-state index contributed by atoms with van der Waals surface area (Å²) in [6, 6.07) is 6.72. The first kappa shape index (κ1) is 16.2. The Kier molecular flexibility index (Phi) is 6.00. The number of nitrogens with one attached hydrogen (secondary N) is 1. The predicted molar refractivity (Wildman–Crippen MR) is 91.5 cm³/mol. The van der Waals surface area contributed by atoms with Crippen LogP contribution in [-0.2, 0) is 6.54 Å². The minimum Gasteiger partial charge on any atom is -0.306 e. The number of aryl methyl sites for hydroxylation is 2. The molecule has 0 saturated carbocycles. The minimum absolute atomic E-state index is 0.186. The van der Waals surface area contributed by atoms with Crippen LogP contribution < -0.4 is 5.32 Å². The predicted octanol–water partition coefficient (Wildman–Crippen LogP) is 4.45. The Morgan fingerprint density at radius 1 is 1.29 bits per heavy atom. The topological polar surface area (TPSA) is 29.9 Å². The van der Waals surface area contributed by atoms with Gasteiger partial charge in [0.05, 0.1) is 12.2 Å². The summed E-state index contributed by atoms with van der Waals surface area (Å²) in [6.45, 7) is 8.43. The normalized spacial score (nSPS) is 12.6. The van der Waals surface area contributed by atoms with E-state index in [1.807, 2.05) is 10.9 Å². The van der Waals surface area contributed by atoms with E-state index < -0.39 is 0 Å². The van der Waals surface area contributed by atoms with Crippen LogP contribution in [0, 0.1) is 6.92 Å². The van der Waals surface area contributed by atoms with Crippen molar-refractivity contribution in [2.24, 2.45) is 0 Å². The van der Waals surface area contributed by atoms with Gasteiger partial charge in [-0.3, -0.25) is 4.68 Å². The Hall–Kier alpha value is -1.13. The van der Waals surface area contributed by atoms with E-state index in [1.165, 1.54) is 16.7 Å². The molecule has 2 aromatic rings. The van der Waals surface area contributed by atoms with Gasteiger partial charge in [-0.25, -0.2) is 0 Å². The average molecular weight is 350 g/mol. The molecule has 3 nitrogen and oxygen atoms in total. The number of rotatable bonds is 7. The van der Waals surface area contributed by atoms with Gasteiger partial charge in [0.1, 0.15) is 0 Å². The lowest BCUT2D eigenvalue weighted by Gasteiger charge is -2.19. The molecule has 1 unspecified atom stereocenters. The summed E-state index contributed by atoms with van der Waals surface area (Å²) >= 11 is 3.71. The zero-order valence-electron chi connectivity index (χ0n) is 13.1. The maximum absolute atomic E-state index is 4.47. The molecule has 0 spiro atoms. The van der Waals surface area contributed by atoms with Crippen molar-refractivity contribution in [1.29, 1.82) is 0 Å². The molecule has 21 heavy (non-hydrogen) atoms. The molecule has 1 atom stereocenters. The van der Waals surface area contributed by atoms with Gasteiger partial charge < -0.3 is 5.32 Å². The summed E-state index contributed by atoms with van der Waals surface area (Å²) in [5.74, 6) is 0. The van der Waals surface area contributed by atoms with Crippen LogP contribution in [0.2, 0.25) is 0 Å². The van der Waals surface area contributed by atoms with Gasteiger partial charge >= 0.3 is 0 Å². The Balaban J connectivity index is 2.32. The zero-order valence-corrected chi connectivity index (χ0v) is 14.7. The standard InChI is InChI=1S/C17H24BrN3/c1-4-8-19-17(14-11-20-21(12-14)9-5-2)15-7-6-13(3)10-16(15)18/h6-7,10-12,17,19H,4-5,8-9H2,1-3H3. The van der Waals surface area contributed by atoms with E-state index in [0.717, 1.165) is 30.4 Å². The summed E-state index contributed by atoms with van der Waals surface area (Å²) in [4.78, 5) is 0. The number of aromatic nitrogens is 2. The second-order valence-corrected chi connectivity index (χ2v) is 6.30. The molecule has 1 aromatic carbocycles. The molecule has 1 N–H and O–H groups in total. The van der Waals surface area contributed by atoms with E-state index in [9.17, 15) is 0 Å². The highest BCUT2D eigenvalue weighted by Crippen LogP contribution is 2.29. The lowest BCUT2D eigenvalue weighted by Crippen LogP contribution is -2.23. The van der Waals surface area contributed by atoms with E-state index in [1.54, 1.807) is 0 Å². The van der Waals surface area contributed by atoms with Crippen molar-refractivity contribution in [3.8, 4) is 0 Å². The molecule has 114 valence electrons. The molecule has 1 heterocycles. The Labute approximate surface area is 135 Å². The van der Waals surface area contributed by atoms with Gasteiger partial charge in [0.2, 0.25) is 0 Å². The zero-order chi connectivity index (χ0) is 15.2. The lowest BCUT2D eigenvalue weighted by atomic mass is 10.0. The van der Waals surface area contributed by atoms with Crippen LogP contribution >= 0.6 is 15.9 Å². The number of benzene rings is 1. The first-order valence-corrected chi connectivity index (χ1v) is 8.46. The third-order valence-corrected chi connectivity index (χ3v) is 4.19. The van der Waals surface area contributed by atoms with Crippen molar-refractivity contribution in [3.63, 3.8) is 0 Å². The van der Waals surface area contributed by atoms with Crippen molar-refractivity contribution in [1.82, 2.24) is 15.1 Å². The quantitative estimate of drug-likeness (QED) is 0.799. The molecule has 0 bridgehead atoms. The third-order valence-electron chi connectivity index (χ3n) is 3.50. The molecule has 0 aliphatic heterocycles. The van der Waals surface area contributed by atoms with Gasteiger partial charge in [0.15, 0.2) is 0 Å². The van der Waals surface area contributed by atoms with Crippen molar-refractivity contribution in [2.75, 3.05) is 6.54 Å². The van der Waals surface area contributed by atoms with Crippen LogP contribution in [0.15, 0.2) is 35.1 Å². The Bertz CT molecular complexity index is 577. The molecular formula is C17H24BrN3. The van der Waals surface area contributed by atoms with Crippen molar-refractivity contribution in [2.45, 2.75) is 46.2 Å². The van der Waals surface area contributed by atoms with Crippen LogP contribution in [0.5, 0.6) is 0 Å². The van der Waals surface area contributed by atoms with Crippen LogP contribution in [0.4, 0.5) is 0 Å². The van der Waals surface area contributed by atoms with E-state index in [2.05, 4.69) is 71.5 Å². The third kappa shape index (κ3) is 4.17. The molecule has 0 radical (unpaired) electrons. The van der Waals surface area contributed by atoms with Crippen LogP contribution in [0.25, 0.3) is 0 Å². The van der Waals surface area contributed by atoms with E-state index in [4.69, 9.17) is 0 Å². The summed E-state index contributed by atoms with van der Waals surface area (Å²) in [7, 11) is 0. The highest BCUT2D eigenvalue weighted by molar-refractivity contribution is 9.10. The average Bonchev–Trinajstić information content (AvgIpc) is 2.90. The van der Waals surface area contributed by atoms with Gasteiger partial charge in [0, 0.05) is 22.8 Å². The Morgan fingerprint density at radius 2 is 2.10 bits per heavy atom. The van der Waals surface area contributed by atoms with Crippen molar-refractivity contribution < 1.29 is 0 Å². The summed E-state index contributed by atoms with van der Waals surface area (Å²) in [6.07, 6.45) is 6.35. The van der Waals surface area contributed by atoms with Gasteiger partial charge in [-0.05, 0) is 43.5 Å². The number of nitrogens with zero attached hydrogens (tertiary/aromatic N) is 2. The fourth-order valence-electron chi connectivity index (χ4n) is 2.44. The molecule has 4 heteroatoms. The molecule has 0 saturated heterocycles. The fraction of sp³-hybridized carbons (Fsp3) is 0.471. The number of halogens is 1. The summed E-state index contributed by atoms with van der Waals surface area (Å²) in [5.41, 5.74) is 3.76. The van der Waals surface area contributed by atoms with Crippen LogP contribution in [-0.4, -0.2) is 16.3 Å². The summed E-state index contributed by atoms with van der Waals surface area (Å²) in [5, 5.41) is 8.10. The molecule has 0 aliphatic rings. The van der Waals surface area contributed by atoms with Crippen molar-refractivity contribution in [3.05, 3.63) is 51.8 Å². The highest BCUT2D eigenvalue weighted by atomic mass is 79.9. The second-order valence-electron chi connectivity index (χ2n) is 5.45. The molecule has 0 fully saturated rings. The summed E-state index contributed by atoms with van der Waals surface area (Å²) < 4.78 is 3.18. The number of hydrogen-bond donors (Lipinski definition) is 1. The van der Waals surface area contributed by atoms with Crippen molar-refractivity contribution >= 4 is 15.9 Å². The van der Waals surface area contributed by atoms with Gasteiger partial charge in [0.25, 0.3) is 0 Å². The maximum atomic E-state index is 4.47. The van der Waals surface area contributed by atoms with E-state index >= 15 is 0 Å². The molecule has 0 amide bonds. The maximum Gasteiger partial charge on any atom is 0.0619 e. The van der Waals surface area contributed by atoms with Gasteiger partial charge in [-0.1, -0.05) is 41.9 Å². The molecular weight excluding hydrogens is 326 g/mol.